The highest BCUT2D eigenvalue weighted by Crippen LogP contribution is 2.11. The molecule has 0 fully saturated rings. The van der Waals surface area contributed by atoms with Crippen LogP contribution in [0, 0.1) is 0 Å². The van der Waals surface area contributed by atoms with E-state index in [0.29, 0.717) is 19.0 Å². The van der Waals surface area contributed by atoms with Crippen molar-refractivity contribution in [3.05, 3.63) is 0 Å². The minimum absolute atomic E-state index is 0.115. The van der Waals surface area contributed by atoms with Gasteiger partial charge in [0.2, 0.25) is 8.32 Å². The maximum atomic E-state index is 10.3. The number of amides is 2. The predicted molar refractivity (Wildman–Crippen MR) is 53.9 cm³/mol. The average Bonchev–Trinajstić information content (AvgIpc) is 2.19. The molecular formula is C7H18N2O4Si. The Morgan fingerprint density at radius 2 is 2.07 bits per heavy atom. The monoisotopic (exact) mass is 222 g/mol. The molecule has 0 spiro atoms. The van der Waals surface area contributed by atoms with E-state index in [4.69, 9.17) is 20.4 Å². The van der Waals surface area contributed by atoms with Gasteiger partial charge in [-0.15, -0.1) is 0 Å². The third-order valence-corrected chi connectivity index (χ3v) is 5.40. The van der Waals surface area contributed by atoms with E-state index in [1.807, 2.05) is 0 Å². The zero-order valence-electron chi connectivity index (χ0n) is 8.32. The number of aliphatic hydroxyl groups excluding tert-OH is 2. The summed E-state index contributed by atoms with van der Waals surface area (Å²) in [4.78, 5) is 10.3. The van der Waals surface area contributed by atoms with Crippen molar-refractivity contribution in [2.24, 2.45) is 5.73 Å². The van der Waals surface area contributed by atoms with Crippen LogP contribution in [-0.4, -0.2) is 50.7 Å². The number of nitrogens with one attached hydrogen (secondary N) is 1. The van der Waals surface area contributed by atoms with Crippen LogP contribution in [0.3, 0.4) is 0 Å². The summed E-state index contributed by atoms with van der Waals surface area (Å²) in [6.07, 6.45) is 0.414. The second kappa shape index (κ2) is 6.77. The van der Waals surface area contributed by atoms with Gasteiger partial charge < -0.3 is 25.7 Å². The van der Waals surface area contributed by atoms with Crippen molar-refractivity contribution in [3.8, 4) is 0 Å². The summed E-state index contributed by atoms with van der Waals surface area (Å²) in [6, 6.07) is 0.0271. The highest BCUT2D eigenvalue weighted by molar-refractivity contribution is 6.73. The van der Waals surface area contributed by atoms with Crippen LogP contribution in [0.1, 0.15) is 6.42 Å². The van der Waals surface area contributed by atoms with Crippen molar-refractivity contribution in [1.29, 1.82) is 0 Å². The van der Waals surface area contributed by atoms with Crippen LogP contribution in [0.15, 0.2) is 0 Å². The first-order valence-corrected chi connectivity index (χ1v) is 6.93. The lowest BCUT2D eigenvalue weighted by Crippen LogP contribution is -2.47. The molecule has 2 amide bonds. The third-order valence-electron chi connectivity index (χ3n) is 2.12. The molecule has 84 valence electrons. The zero-order valence-corrected chi connectivity index (χ0v) is 9.32. The summed E-state index contributed by atoms with van der Waals surface area (Å²) in [7, 11) is -0.884. The lowest BCUT2D eigenvalue weighted by atomic mass is 10.5. The topological polar surface area (TPSA) is 105 Å². The minimum Gasteiger partial charge on any atom is -0.415 e. The van der Waals surface area contributed by atoms with E-state index in [1.54, 1.807) is 0 Å². The second-order valence-electron chi connectivity index (χ2n) is 3.10. The van der Waals surface area contributed by atoms with Crippen LogP contribution in [0.5, 0.6) is 0 Å². The third kappa shape index (κ3) is 4.56. The molecule has 0 bridgehead atoms. The van der Waals surface area contributed by atoms with Gasteiger partial charge in [0.05, 0.1) is 12.5 Å². The largest absolute Gasteiger partial charge is 0.415 e. The van der Waals surface area contributed by atoms with Gasteiger partial charge in [0.25, 0.3) is 0 Å². The molecule has 0 aliphatic heterocycles. The van der Waals surface area contributed by atoms with Crippen molar-refractivity contribution in [3.63, 3.8) is 0 Å². The van der Waals surface area contributed by atoms with Crippen molar-refractivity contribution in [2.45, 2.75) is 12.5 Å². The van der Waals surface area contributed by atoms with Crippen molar-refractivity contribution in [1.82, 2.24) is 5.32 Å². The quantitative estimate of drug-likeness (QED) is 0.317. The van der Waals surface area contributed by atoms with Gasteiger partial charge in [-0.25, -0.2) is 4.79 Å². The standard InChI is InChI=1S/C7H18N2O4Si/c1-13-14(5-10,6-11)4-2-3-9-7(8)12/h10-11H,2-6H2,1H3,(H3,8,9,12). The van der Waals surface area contributed by atoms with E-state index in [9.17, 15) is 4.79 Å². The molecule has 0 aliphatic rings. The Kier molecular flexibility index (Phi) is 6.46. The molecule has 0 aromatic rings. The van der Waals surface area contributed by atoms with Crippen molar-refractivity contribution in [2.75, 3.05) is 26.1 Å². The van der Waals surface area contributed by atoms with Crippen molar-refractivity contribution < 1.29 is 19.4 Å². The summed E-state index contributed by atoms with van der Waals surface area (Å²) in [5.41, 5.74) is 4.87. The normalized spacial score (nSPS) is 11.4. The smallest absolute Gasteiger partial charge is 0.312 e. The number of carbonyl (C=O) groups is 1. The van der Waals surface area contributed by atoms with Crippen LogP contribution in [0.2, 0.25) is 6.04 Å². The lowest BCUT2D eigenvalue weighted by Gasteiger charge is -2.24. The van der Waals surface area contributed by atoms with E-state index in [1.165, 1.54) is 7.11 Å². The van der Waals surface area contributed by atoms with Gasteiger partial charge in [-0.1, -0.05) is 0 Å². The Bertz CT molecular complexity index is 167. The van der Waals surface area contributed by atoms with Gasteiger partial charge in [-0.2, -0.15) is 0 Å². The van der Waals surface area contributed by atoms with Crippen LogP contribution in [0.25, 0.3) is 0 Å². The van der Waals surface area contributed by atoms with Gasteiger partial charge in [0.15, 0.2) is 0 Å². The summed E-state index contributed by atoms with van der Waals surface area (Å²) in [5, 5.41) is 20.5. The molecule has 0 atom stereocenters. The molecule has 0 heterocycles. The average molecular weight is 222 g/mol. The Morgan fingerprint density at radius 3 is 2.43 bits per heavy atom. The zero-order chi connectivity index (χ0) is 11.0. The Labute approximate surface area is 84.2 Å². The number of urea groups is 1. The molecule has 14 heavy (non-hydrogen) atoms. The van der Waals surface area contributed by atoms with Gasteiger partial charge in [0, 0.05) is 13.7 Å². The summed E-state index contributed by atoms with van der Waals surface area (Å²) in [5.74, 6) is 0. The molecule has 0 aliphatic carbocycles. The summed E-state index contributed by atoms with van der Waals surface area (Å²) >= 11 is 0. The molecular weight excluding hydrogens is 204 g/mol. The number of hydrogen-bond donors (Lipinski definition) is 4. The van der Waals surface area contributed by atoms with Gasteiger partial charge in [0.1, 0.15) is 0 Å². The minimum atomic E-state index is -2.37. The number of carbonyl (C=O) groups excluding carboxylic acids is 1. The van der Waals surface area contributed by atoms with Crippen LogP contribution < -0.4 is 11.1 Å². The predicted octanol–water partition coefficient (Wildman–Crippen LogP) is -1.30. The highest BCUT2D eigenvalue weighted by Gasteiger charge is 2.31. The molecule has 0 rings (SSSR count). The van der Waals surface area contributed by atoms with E-state index in [2.05, 4.69) is 5.32 Å². The molecule has 0 unspecified atom stereocenters. The summed E-state index contributed by atoms with van der Waals surface area (Å²) in [6.45, 7) is 0.438. The number of primary amides is 1. The van der Waals surface area contributed by atoms with Crippen LogP contribution in [0.4, 0.5) is 4.79 Å². The number of aliphatic hydroxyl groups is 2. The van der Waals surface area contributed by atoms with E-state index in [0.717, 1.165) is 0 Å². The maximum Gasteiger partial charge on any atom is 0.312 e. The Hall–Kier alpha value is -0.633. The molecule has 7 heteroatoms. The molecule has 6 nitrogen and oxygen atoms in total. The molecule has 0 saturated heterocycles. The lowest BCUT2D eigenvalue weighted by molar-refractivity contribution is 0.247. The Balaban J connectivity index is 3.77. The first-order valence-electron chi connectivity index (χ1n) is 4.40. The first kappa shape index (κ1) is 13.4. The number of hydrogen-bond acceptors (Lipinski definition) is 4. The molecule has 0 radical (unpaired) electrons. The van der Waals surface area contributed by atoms with E-state index in [-0.39, 0.29) is 12.5 Å². The van der Waals surface area contributed by atoms with Crippen molar-refractivity contribution >= 4 is 14.3 Å². The van der Waals surface area contributed by atoms with E-state index >= 15 is 0 Å². The number of nitrogens with two attached hydrogens (primary N) is 1. The number of rotatable bonds is 7. The van der Waals surface area contributed by atoms with Gasteiger partial charge in [-0.3, -0.25) is 0 Å². The maximum absolute atomic E-state index is 10.3. The molecule has 5 N–H and O–H groups in total. The molecule has 0 aromatic heterocycles. The fraction of sp³-hybridized carbons (Fsp3) is 0.857. The SMILES string of the molecule is CO[Si](CO)(CO)CCCNC(N)=O. The fourth-order valence-electron chi connectivity index (χ4n) is 1.06. The second-order valence-corrected chi connectivity index (χ2v) is 7.00. The van der Waals surface area contributed by atoms with Gasteiger partial charge >= 0.3 is 6.03 Å². The highest BCUT2D eigenvalue weighted by atomic mass is 28.4. The van der Waals surface area contributed by atoms with Crippen LogP contribution >= 0.6 is 0 Å². The first-order chi connectivity index (χ1) is 6.60. The van der Waals surface area contributed by atoms with Crippen LogP contribution in [-0.2, 0) is 4.43 Å². The Morgan fingerprint density at radius 1 is 1.50 bits per heavy atom. The van der Waals surface area contributed by atoms with E-state index < -0.39 is 14.3 Å². The fourth-order valence-corrected chi connectivity index (χ4v) is 2.76. The molecule has 0 aromatic carbocycles. The van der Waals surface area contributed by atoms with Gasteiger partial charge in [-0.05, 0) is 12.5 Å². The summed E-state index contributed by atoms with van der Waals surface area (Å²) < 4.78 is 5.14. The molecule has 0 saturated carbocycles.